The highest BCUT2D eigenvalue weighted by molar-refractivity contribution is 6.05. The first kappa shape index (κ1) is 33.0. The van der Waals surface area contributed by atoms with Gasteiger partial charge in [0.05, 0.1) is 28.9 Å². The molecule has 47 heavy (non-hydrogen) atoms. The third-order valence-corrected chi connectivity index (χ3v) is 10.1. The van der Waals surface area contributed by atoms with Crippen LogP contribution in [0.5, 0.6) is 0 Å². The average molecular weight is 646 g/mol. The number of carbonyl (C=O) groups is 1. The van der Waals surface area contributed by atoms with E-state index < -0.39 is 11.7 Å². The summed E-state index contributed by atoms with van der Waals surface area (Å²) in [5.74, 6) is -0.882. The van der Waals surface area contributed by atoms with Gasteiger partial charge >= 0.3 is 0 Å². The molecule has 1 amide bonds. The van der Waals surface area contributed by atoms with Gasteiger partial charge in [-0.25, -0.2) is 14.4 Å². The van der Waals surface area contributed by atoms with Gasteiger partial charge in [0.25, 0.3) is 5.91 Å². The van der Waals surface area contributed by atoms with E-state index in [1.165, 1.54) is 6.07 Å². The number of nitrogens with one attached hydrogen (secondary N) is 1. The van der Waals surface area contributed by atoms with Gasteiger partial charge in [-0.05, 0) is 97.8 Å². The number of hydrogen-bond donors (Lipinski definition) is 2. The number of anilines is 2. The molecule has 3 aromatic heterocycles. The number of carbonyl (C=O) groups excluding carboxylic acids is 1. The number of piperidine rings is 1. The van der Waals surface area contributed by atoms with Crippen LogP contribution in [0.3, 0.4) is 0 Å². The van der Waals surface area contributed by atoms with Gasteiger partial charge < -0.3 is 24.4 Å². The van der Waals surface area contributed by atoms with Crippen molar-refractivity contribution in [1.29, 1.82) is 0 Å². The molecule has 6 rings (SSSR count). The fraction of sp³-hybridized carbons (Fsp3) is 0.543. The Hall–Kier alpha value is -3.87. The third-order valence-electron chi connectivity index (χ3n) is 10.1. The molecule has 12 heteroatoms. The van der Waals surface area contributed by atoms with Gasteiger partial charge in [0.2, 0.25) is 5.95 Å². The van der Waals surface area contributed by atoms with E-state index in [-0.39, 0.29) is 23.4 Å². The maximum absolute atomic E-state index is 16.0. The van der Waals surface area contributed by atoms with Crippen molar-refractivity contribution in [3.8, 4) is 11.3 Å². The summed E-state index contributed by atoms with van der Waals surface area (Å²) in [6, 6.07) is 8.40. The molecule has 252 valence electrons. The van der Waals surface area contributed by atoms with Crippen LogP contribution in [0.2, 0.25) is 0 Å². The van der Waals surface area contributed by atoms with Crippen molar-refractivity contribution in [2.45, 2.75) is 70.6 Å². The number of benzene rings is 1. The smallest absolute Gasteiger partial charge is 0.261 e. The number of aliphatic hydroxyl groups is 1. The van der Waals surface area contributed by atoms with Crippen molar-refractivity contribution < 1.29 is 14.3 Å². The zero-order chi connectivity index (χ0) is 33.4. The molecular weight excluding hydrogens is 597 g/mol. The summed E-state index contributed by atoms with van der Waals surface area (Å²) in [6.07, 6.45) is 6.32. The number of nitrogens with zero attached hydrogens (tertiary/aromatic N) is 8. The van der Waals surface area contributed by atoms with E-state index in [0.29, 0.717) is 36.1 Å². The highest BCUT2D eigenvalue weighted by Gasteiger charge is 2.29. The quantitative estimate of drug-likeness (QED) is 0.268. The van der Waals surface area contributed by atoms with Crippen LogP contribution in [-0.2, 0) is 7.05 Å². The number of hydrogen-bond acceptors (Lipinski definition) is 8. The first-order chi connectivity index (χ1) is 22.5. The van der Waals surface area contributed by atoms with Gasteiger partial charge in [-0.3, -0.25) is 14.8 Å². The predicted molar refractivity (Wildman–Crippen MR) is 183 cm³/mol. The number of fused-ring (bicyclic) bond motifs is 1. The minimum absolute atomic E-state index is 0.0441. The second-order valence-corrected chi connectivity index (χ2v) is 13.6. The molecule has 2 aliphatic rings. The molecule has 4 heterocycles. The monoisotopic (exact) mass is 645 g/mol. The average Bonchev–Trinajstić information content (AvgIpc) is 3.58. The number of amides is 1. The fourth-order valence-corrected chi connectivity index (χ4v) is 7.06. The summed E-state index contributed by atoms with van der Waals surface area (Å²) in [5.41, 5.74) is 4.68. The summed E-state index contributed by atoms with van der Waals surface area (Å²) in [4.78, 5) is 30.2. The van der Waals surface area contributed by atoms with Crippen LogP contribution < -0.4 is 10.2 Å². The Bertz CT molecular complexity index is 1730. The normalized spacial score (nSPS) is 19.3. The number of aryl methyl sites for hydroxylation is 2. The molecule has 1 saturated heterocycles. The standard InChI is InChI=1S/C35H48FN9O2/c1-22-19-28(32(36)33(38-22)29-21-37-43(6)23(29)2)34(47)40-35-39-30-12-9-26(20-31(30)45(35)25-7-10-27(46)11-8-25)44-15-13-24(14-16-44)42(5)18-17-41(3)4/h9,12,19-21,24-25,27,46H,7-8,10-11,13-18H2,1-6H3,(H,39,40,47)/t25-,27+. The van der Waals surface area contributed by atoms with Gasteiger partial charge in [0.1, 0.15) is 5.69 Å². The molecule has 0 spiro atoms. The molecule has 1 aliphatic carbocycles. The Kier molecular flexibility index (Phi) is 9.63. The SMILES string of the molecule is Cc1cc(C(=O)Nc2nc3ccc(N4CCC(N(C)CCN(C)C)CC4)cc3n2[C@H]2CC[C@@H](O)CC2)c(F)c(-c2cnn(C)c2C)n1. The van der Waals surface area contributed by atoms with Crippen molar-refractivity contribution >= 4 is 28.6 Å². The maximum Gasteiger partial charge on any atom is 0.261 e. The van der Waals surface area contributed by atoms with E-state index >= 15 is 4.39 Å². The van der Waals surface area contributed by atoms with Crippen molar-refractivity contribution in [3.63, 3.8) is 0 Å². The molecule has 1 aromatic carbocycles. The molecule has 4 aromatic rings. The van der Waals surface area contributed by atoms with Crippen molar-refractivity contribution in [1.82, 2.24) is 34.1 Å². The Labute approximate surface area is 276 Å². The van der Waals surface area contributed by atoms with Crippen LogP contribution in [-0.4, -0.2) is 105 Å². The number of likely N-dealkylation sites (N-methyl/N-ethyl adjacent to an activating group) is 2. The Morgan fingerprint density at radius 1 is 1.02 bits per heavy atom. The molecule has 0 unspecified atom stereocenters. The van der Waals surface area contributed by atoms with Crippen LogP contribution in [0.4, 0.5) is 16.0 Å². The lowest BCUT2D eigenvalue weighted by Crippen LogP contribution is -2.45. The van der Waals surface area contributed by atoms with Crippen molar-refractivity contribution in [2.24, 2.45) is 7.05 Å². The van der Waals surface area contributed by atoms with Gasteiger partial charge in [-0.15, -0.1) is 0 Å². The highest BCUT2D eigenvalue weighted by atomic mass is 19.1. The summed E-state index contributed by atoms with van der Waals surface area (Å²) in [6.45, 7) is 7.63. The van der Waals surface area contributed by atoms with E-state index in [1.54, 1.807) is 24.9 Å². The predicted octanol–water partition coefficient (Wildman–Crippen LogP) is 4.78. The molecule has 2 fully saturated rings. The third kappa shape index (κ3) is 6.90. The van der Waals surface area contributed by atoms with Crippen LogP contribution in [0.25, 0.3) is 22.3 Å². The summed E-state index contributed by atoms with van der Waals surface area (Å²) < 4.78 is 19.7. The van der Waals surface area contributed by atoms with E-state index in [1.807, 2.05) is 13.0 Å². The first-order valence-electron chi connectivity index (χ1n) is 16.8. The molecule has 1 aliphatic heterocycles. The molecule has 0 atom stereocenters. The lowest BCUT2D eigenvalue weighted by Gasteiger charge is -2.38. The topological polar surface area (TPSA) is 108 Å². The number of imidazole rings is 1. The number of pyridine rings is 1. The zero-order valence-electron chi connectivity index (χ0n) is 28.5. The lowest BCUT2D eigenvalue weighted by molar-refractivity contribution is 0.101. The van der Waals surface area contributed by atoms with Gasteiger partial charge in [-0.1, -0.05) is 0 Å². The number of aromatic nitrogens is 5. The van der Waals surface area contributed by atoms with E-state index in [0.717, 1.165) is 74.3 Å². The second kappa shape index (κ2) is 13.7. The molecular formula is C35H48FN9O2. The van der Waals surface area contributed by atoms with Crippen LogP contribution in [0.1, 0.15) is 66.3 Å². The van der Waals surface area contributed by atoms with Gasteiger partial charge in [0, 0.05) is 67.9 Å². The molecule has 0 radical (unpaired) electrons. The molecule has 2 N–H and O–H groups in total. The Morgan fingerprint density at radius 2 is 1.74 bits per heavy atom. The Morgan fingerprint density at radius 3 is 2.40 bits per heavy atom. The van der Waals surface area contributed by atoms with Crippen molar-refractivity contribution in [2.75, 3.05) is 57.5 Å². The summed E-state index contributed by atoms with van der Waals surface area (Å²) in [7, 11) is 8.24. The molecule has 1 saturated carbocycles. The van der Waals surface area contributed by atoms with E-state index in [9.17, 15) is 9.90 Å². The summed E-state index contributed by atoms with van der Waals surface area (Å²) >= 11 is 0. The van der Waals surface area contributed by atoms with Crippen LogP contribution in [0.15, 0.2) is 30.5 Å². The summed E-state index contributed by atoms with van der Waals surface area (Å²) in [5, 5.41) is 17.5. The highest BCUT2D eigenvalue weighted by Crippen LogP contribution is 2.37. The molecule has 11 nitrogen and oxygen atoms in total. The minimum atomic E-state index is -0.689. The number of rotatable bonds is 9. The van der Waals surface area contributed by atoms with E-state index in [2.05, 4.69) is 67.9 Å². The Balaban J connectivity index is 1.29. The number of aliphatic hydroxyl groups excluding tert-OH is 1. The molecule has 0 bridgehead atoms. The minimum Gasteiger partial charge on any atom is -0.393 e. The van der Waals surface area contributed by atoms with Gasteiger partial charge in [0.15, 0.2) is 5.82 Å². The fourth-order valence-electron chi connectivity index (χ4n) is 7.06. The lowest BCUT2D eigenvalue weighted by atomic mass is 9.93. The largest absolute Gasteiger partial charge is 0.393 e. The maximum atomic E-state index is 16.0. The first-order valence-corrected chi connectivity index (χ1v) is 16.8. The van der Waals surface area contributed by atoms with Gasteiger partial charge in [-0.2, -0.15) is 5.10 Å². The zero-order valence-corrected chi connectivity index (χ0v) is 28.5. The second-order valence-electron chi connectivity index (χ2n) is 13.6. The number of halogens is 1. The van der Waals surface area contributed by atoms with Crippen molar-refractivity contribution in [3.05, 3.63) is 53.2 Å². The van der Waals surface area contributed by atoms with Crippen LogP contribution in [0, 0.1) is 19.7 Å². The van der Waals surface area contributed by atoms with Crippen LogP contribution >= 0.6 is 0 Å². The van der Waals surface area contributed by atoms with E-state index in [4.69, 9.17) is 4.98 Å².